The van der Waals surface area contributed by atoms with Gasteiger partial charge in [-0.1, -0.05) is 30.3 Å². The molecule has 2 N–H and O–H groups in total. The third-order valence-electron chi connectivity index (χ3n) is 3.47. The minimum atomic E-state index is -0.476. The second-order valence-corrected chi connectivity index (χ2v) is 5.51. The van der Waals surface area contributed by atoms with Gasteiger partial charge in [0.25, 0.3) is 5.69 Å². The molecule has 0 fully saturated rings. The summed E-state index contributed by atoms with van der Waals surface area (Å²) >= 11 is 0. The number of amides is 2. The van der Waals surface area contributed by atoms with Crippen LogP contribution in [0.3, 0.4) is 0 Å². The quantitative estimate of drug-likeness (QED) is 0.452. The molecule has 0 radical (unpaired) electrons. The molecule has 2 aromatic carbocycles. The van der Waals surface area contributed by atoms with Gasteiger partial charge in [0.15, 0.2) is 0 Å². The van der Waals surface area contributed by atoms with E-state index >= 15 is 0 Å². The molecule has 2 amide bonds. The van der Waals surface area contributed by atoms with Crippen molar-refractivity contribution in [3.05, 3.63) is 69.8 Å². The molecule has 2 rings (SSSR count). The molecule has 0 aliphatic rings. The average molecular weight is 354 g/mol. The number of benzene rings is 2. The molecule has 0 aromatic heterocycles. The van der Waals surface area contributed by atoms with E-state index in [2.05, 4.69) is 15.8 Å². The topological polar surface area (TPSA) is 114 Å². The van der Waals surface area contributed by atoms with Crippen molar-refractivity contribution in [2.75, 3.05) is 5.32 Å². The Morgan fingerprint density at radius 2 is 1.81 bits per heavy atom. The third-order valence-corrected chi connectivity index (χ3v) is 3.47. The van der Waals surface area contributed by atoms with E-state index in [1.54, 1.807) is 43.3 Å². The molecule has 8 nitrogen and oxygen atoms in total. The van der Waals surface area contributed by atoms with E-state index in [1.165, 1.54) is 12.3 Å². The van der Waals surface area contributed by atoms with Gasteiger partial charge in [-0.2, -0.15) is 5.10 Å². The zero-order valence-corrected chi connectivity index (χ0v) is 14.1. The Kier molecular flexibility index (Phi) is 6.55. The number of hydrogen-bond acceptors (Lipinski definition) is 5. The summed E-state index contributed by atoms with van der Waals surface area (Å²) in [7, 11) is 0. The molecule has 0 saturated carbocycles. The molecule has 0 bridgehead atoms. The summed E-state index contributed by atoms with van der Waals surface area (Å²) in [4.78, 5) is 33.9. The van der Waals surface area contributed by atoms with Gasteiger partial charge in [-0.25, -0.2) is 5.43 Å². The van der Waals surface area contributed by atoms with Gasteiger partial charge in [-0.15, -0.1) is 0 Å². The Hall–Kier alpha value is -3.55. The van der Waals surface area contributed by atoms with Crippen LogP contribution in [0, 0.1) is 17.0 Å². The van der Waals surface area contributed by atoms with Crippen molar-refractivity contribution in [2.24, 2.45) is 5.10 Å². The SMILES string of the molecule is Cc1ccc(C=NNC(=O)CCC(=O)Nc2ccccc2)cc1[N+](=O)[O-]. The van der Waals surface area contributed by atoms with Crippen molar-refractivity contribution in [1.29, 1.82) is 0 Å². The maximum Gasteiger partial charge on any atom is 0.272 e. The summed E-state index contributed by atoms with van der Waals surface area (Å²) in [5.41, 5.74) is 3.97. The number of hydrazone groups is 1. The molecule has 0 saturated heterocycles. The minimum Gasteiger partial charge on any atom is -0.326 e. The summed E-state index contributed by atoms with van der Waals surface area (Å²) in [5, 5.41) is 17.3. The molecule has 0 unspecified atom stereocenters. The number of rotatable bonds is 7. The maximum absolute atomic E-state index is 11.8. The zero-order valence-electron chi connectivity index (χ0n) is 14.1. The first-order chi connectivity index (χ1) is 12.5. The van der Waals surface area contributed by atoms with E-state index in [-0.39, 0.29) is 24.4 Å². The van der Waals surface area contributed by atoms with E-state index in [0.717, 1.165) is 0 Å². The molecule has 2 aromatic rings. The van der Waals surface area contributed by atoms with Gasteiger partial charge in [0, 0.05) is 35.7 Å². The van der Waals surface area contributed by atoms with E-state index in [4.69, 9.17) is 0 Å². The van der Waals surface area contributed by atoms with Gasteiger partial charge < -0.3 is 5.32 Å². The molecule has 0 atom stereocenters. The molecule has 8 heteroatoms. The fraction of sp³-hybridized carbons (Fsp3) is 0.167. The average Bonchev–Trinajstić information content (AvgIpc) is 2.62. The number of nitrogens with zero attached hydrogens (tertiary/aromatic N) is 2. The van der Waals surface area contributed by atoms with Crippen molar-refractivity contribution in [3.63, 3.8) is 0 Å². The maximum atomic E-state index is 11.8. The van der Waals surface area contributed by atoms with Crippen molar-refractivity contribution in [2.45, 2.75) is 19.8 Å². The number of para-hydroxylation sites is 1. The van der Waals surface area contributed by atoms with Crippen LogP contribution in [-0.2, 0) is 9.59 Å². The lowest BCUT2D eigenvalue weighted by molar-refractivity contribution is -0.385. The highest BCUT2D eigenvalue weighted by Crippen LogP contribution is 2.18. The van der Waals surface area contributed by atoms with Crippen molar-refractivity contribution < 1.29 is 14.5 Å². The normalized spacial score (nSPS) is 10.5. The number of anilines is 1. The van der Waals surface area contributed by atoms with E-state index in [1.807, 2.05) is 6.07 Å². The van der Waals surface area contributed by atoms with Crippen LogP contribution in [0.1, 0.15) is 24.0 Å². The van der Waals surface area contributed by atoms with Crippen molar-refractivity contribution >= 4 is 29.4 Å². The van der Waals surface area contributed by atoms with Crippen molar-refractivity contribution in [3.8, 4) is 0 Å². The molecule has 134 valence electrons. The molecule has 26 heavy (non-hydrogen) atoms. The van der Waals surface area contributed by atoms with Crippen LogP contribution in [0.25, 0.3) is 0 Å². The number of nitro groups is 1. The summed E-state index contributed by atoms with van der Waals surface area (Å²) in [6, 6.07) is 13.6. The Bertz CT molecular complexity index is 834. The first-order valence-corrected chi connectivity index (χ1v) is 7.87. The number of nitro benzene ring substituents is 1. The largest absolute Gasteiger partial charge is 0.326 e. The summed E-state index contributed by atoms with van der Waals surface area (Å²) in [5.74, 6) is -0.699. The number of hydrogen-bond donors (Lipinski definition) is 2. The van der Waals surface area contributed by atoms with E-state index in [9.17, 15) is 19.7 Å². The summed E-state index contributed by atoms with van der Waals surface area (Å²) in [6.07, 6.45) is 1.31. The van der Waals surface area contributed by atoms with Gasteiger partial charge in [-0.05, 0) is 19.1 Å². The van der Waals surface area contributed by atoms with Crippen LogP contribution >= 0.6 is 0 Å². The first kappa shape index (κ1) is 18.8. The second-order valence-electron chi connectivity index (χ2n) is 5.51. The van der Waals surface area contributed by atoms with Crippen LogP contribution in [0.5, 0.6) is 0 Å². The Morgan fingerprint density at radius 1 is 1.12 bits per heavy atom. The smallest absolute Gasteiger partial charge is 0.272 e. The van der Waals surface area contributed by atoms with Gasteiger partial charge in [0.1, 0.15) is 0 Å². The lowest BCUT2D eigenvalue weighted by Gasteiger charge is -2.04. The van der Waals surface area contributed by atoms with Gasteiger partial charge >= 0.3 is 0 Å². The molecule has 0 aliphatic carbocycles. The number of nitrogens with one attached hydrogen (secondary N) is 2. The Balaban J connectivity index is 1.79. The zero-order chi connectivity index (χ0) is 18.9. The second kappa shape index (κ2) is 9.07. The predicted octanol–water partition coefficient (Wildman–Crippen LogP) is 2.77. The van der Waals surface area contributed by atoms with E-state index in [0.29, 0.717) is 16.8 Å². The molecule has 0 heterocycles. The molecular weight excluding hydrogens is 336 g/mol. The van der Waals surface area contributed by atoms with Crippen LogP contribution in [0.15, 0.2) is 53.6 Å². The summed E-state index contributed by atoms with van der Waals surface area (Å²) < 4.78 is 0. The Morgan fingerprint density at radius 3 is 2.50 bits per heavy atom. The lowest BCUT2D eigenvalue weighted by Crippen LogP contribution is -2.20. The van der Waals surface area contributed by atoms with Gasteiger partial charge in [0.05, 0.1) is 11.1 Å². The fourth-order valence-electron chi connectivity index (χ4n) is 2.11. The highest BCUT2D eigenvalue weighted by Gasteiger charge is 2.10. The molecular formula is C18H18N4O4. The lowest BCUT2D eigenvalue weighted by atomic mass is 10.1. The van der Waals surface area contributed by atoms with Crippen LogP contribution in [0.4, 0.5) is 11.4 Å². The number of carbonyl (C=O) groups is 2. The van der Waals surface area contributed by atoms with Crippen LogP contribution < -0.4 is 10.7 Å². The Labute approximate surface area is 150 Å². The van der Waals surface area contributed by atoms with Gasteiger partial charge in [-0.3, -0.25) is 19.7 Å². The standard InChI is InChI=1S/C18H18N4O4/c1-13-7-8-14(11-16(13)22(25)26)12-19-21-18(24)10-9-17(23)20-15-5-3-2-4-6-15/h2-8,11-12H,9-10H2,1H3,(H,20,23)(H,21,24). The first-order valence-electron chi connectivity index (χ1n) is 7.87. The highest BCUT2D eigenvalue weighted by atomic mass is 16.6. The highest BCUT2D eigenvalue weighted by molar-refractivity contribution is 5.93. The monoisotopic (exact) mass is 354 g/mol. The molecule has 0 aliphatic heterocycles. The van der Waals surface area contributed by atoms with E-state index < -0.39 is 10.8 Å². The van der Waals surface area contributed by atoms with Gasteiger partial charge in [0.2, 0.25) is 11.8 Å². The van der Waals surface area contributed by atoms with Crippen molar-refractivity contribution in [1.82, 2.24) is 5.43 Å². The fourth-order valence-corrected chi connectivity index (χ4v) is 2.11. The summed E-state index contributed by atoms with van der Waals surface area (Å²) in [6.45, 7) is 1.64. The molecule has 0 spiro atoms. The number of aryl methyl sites for hydroxylation is 1. The predicted molar refractivity (Wildman–Crippen MR) is 97.9 cm³/mol. The third kappa shape index (κ3) is 5.82. The van der Waals surface area contributed by atoms with Crippen LogP contribution in [-0.4, -0.2) is 23.0 Å². The number of carbonyl (C=O) groups excluding carboxylic acids is 2. The van der Waals surface area contributed by atoms with Crippen LogP contribution in [0.2, 0.25) is 0 Å². The minimum absolute atomic E-state index is 0.0159.